The van der Waals surface area contributed by atoms with Crippen molar-refractivity contribution in [2.75, 3.05) is 0 Å². The molecule has 0 bridgehead atoms. The smallest absolute Gasteiger partial charge is 0.344 e. The predicted molar refractivity (Wildman–Crippen MR) is 85.1 cm³/mol. The Balaban J connectivity index is 2.34. The minimum Gasteiger partial charge on any atom is -0.783 e. The van der Waals surface area contributed by atoms with E-state index in [1.165, 1.54) is 13.0 Å². The van der Waals surface area contributed by atoms with Gasteiger partial charge >= 0.3 is 5.97 Å². The zero-order valence-electron chi connectivity index (χ0n) is 13.9. The van der Waals surface area contributed by atoms with Crippen molar-refractivity contribution >= 4 is 5.97 Å². The van der Waals surface area contributed by atoms with Crippen LogP contribution in [0.3, 0.4) is 0 Å². The van der Waals surface area contributed by atoms with Crippen molar-refractivity contribution in [1.82, 2.24) is 10.1 Å². The quantitative estimate of drug-likeness (QED) is 0.909. The number of hydrogen-bond donors (Lipinski definition) is 1. The lowest BCUT2D eigenvalue weighted by atomic mass is 9.84. The summed E-state index contributed by atoms with van der Waals surface area (Å²) < 4.78 is 5.30. The van der Waals surface area contributed by atoms with Crippen LogP contribution in [0.1, 0.15) is 40.2 Å². The number of benzene rings is 1. The SMILES string of the molecule is C[C@@H](Oc1cccc([C]2N([O-])C(C)(C)C(C)(C)N2[O-])c1)C(=O)O. The predicted octanol–water partition coefficient (Wildman–Crippen LogP) is 2.55. The standard InChI is InChI=1S/C16H21N2O5/c1-10(14(19)20)23-12-8-6-7-11(9-12)13-17(21)15(2,3)16(4,5)18(13)22/h6-10H,1-5H3,(H,19,20)/q-2/t10-/m1/s1. The summed E-state index contributed by atoms with van der Waals surface area (Å²) in [4.78, 5) is 10.9. The average Bonchev–Trinajstić information content (AvgIpc) is 2.57. The summed E-state index contributed by atoms with van der Waals surface area (Å²) in [7, 11) is 0. The third-order valence-corrected chi connectivity index (χ3v) is 4.65. The molecule has 23 heavy (non-hydrogen) atoms. The van der Waals surface area contributed by atoms with Gasteiger partial charge in [0.1, 0.15) is 11.9 Å². The van der Waals surface area contributed by atoms with E-state index >= 15 is 0 Å². The van der Waals surface area contributed by atoms with Crippen molar-refractivity contribution in [3.8, 4) is 5.75 Å². The van der Waals surface area contributed by atoms with Crippen LogP contribution in [-0.2, 0) is 4.79 Å². The van der Waals surface area contributed by atoms with Crippen LogP contribution in [0.15, 0.2) is 24.3 Å². The maximum Gasteiger partial charge on any atom is 0.344 e. The number of hydroxylamine groups is 4. The molecule has 1 atom stereocenters. The van der Waals surface area contributed by atoms with Crippen molar-refractivity contribution in [3.05, 3.63) is 46.4 Å². The maximum atomic E-state index is 12.6. The van der Waals surface area contributed by atoms with Crippen LogP contribution in [0.5, 0.6) is 5.75 Å². The van der Waals surface area contributed by atoms with Gasteiger partial charge in [0, 0.05) is 11.1 Å². The fourth-order valence-corrected chi connectivity index (χ4v) is 2.31. The molecule has 1 fully saturated rings. The molecule has 0 spiro atoms. The molecule has 0 saturated carbocycles. The van der Waals surface area contributed by atoms with E-state index < -0.39 is 23.2 Å². The highest BCUT2D eigenvalue weighted by Crippen LogP contribution is 2.48. The van der Waals surface area contributed by atoms with E-state index in [2.05, 4.69) is 0 Å². The van der Waals surface area contributed by atoms with E-state index in [0.717, 1.165) is 0 Å². The lowest BCUT2D eigenvalue weighted by Gasteiger charge is -2.46. The van der Waals surface area contributed by atoms with E-state index in [1.807, 2.05) is 0 Å². The van der Waals surface area contributed by atoms with Gasteiger partial charge in [0.15, 0.2) is 6.10 Å². The molecular formula is C16H21N2O5-2. The van der Waals surface area contributed by atoms with Gasteiger partial charge in [0.2, 0.25) is 0 Å². The van der Waals surface area contributed by atoms with Gasteiger partial charge in [0.05, 0.1) is 0 Å². The van der Waals surface area contributed by atoms with Gasteiger partial charge in [-0.25, -0.2) is 4.79 Å². The molecule has 1 heterocycles. The number of hydrogen-bond acceptors (Lipinski definition) is 6. The summed E-state index contributed by atoms with van der Waals surface area (Å²) >= 11 is 0. The molecule has 1 aromatic rings. The summed E-state index contributed by atoms with van der Waals surface area (Å²) in [5.74, 6) is -0.809. The van der Waals surface area contributed by atoms with E-state index in [4.69, 9.17) is 9.84 Å². The van der Waals surface area contributed by atoms with E-state index in [0.29, 0.717) is 15.7 Å². The van der Waals surface area contributed by atoms with Crippen LogP contribution in [0, 0.1) is 16.6 Å². The second kappa shape index (κ2) is 5.76. The van der Waals surface area contributed by atoms with Gasteiger partial charge in [-0.1, -0.05) is 12.1 Å². The molecule has 1 radical (unpaired) electrons. The van der Waals surface area contributed by atoms with Gasteiger partial charge in [0.25, 0.3) is 0 Å². The van der Waals surface area contributed by atoms with Crippen molar-refractivity contribution in [3.63, 3.8) is 0 Å². The van der Waals surface area contributed by atoms with Gasteiger partial charge < -0.3 is 30.4 Å². The highest BCUT2D eigenvalue weighted by atomic mass is 16.6. The van der Waals surface area contributed by atoms with Crippen LogP contribution in [-0.4, -0.2) is 38.4 Å². The first-order chi connectivity index (χ1) is 10.5. The third-order valence-electron chi connectivity index (χ3n) is 4.65. The Morgan fingerprint density at radius 3 is 2.17 bits per heavy atom. The molecule has 1 aliphatic heterocycles. The Morgan fingerprint density at radius 2 is 1.70 bits per heavy atom. The number of rotatable bonds is 4. The zero-order valence-corrected chi connectivity index (χ0v) is 13.9. The van der Waals surface area contributed by atoms with Gasteiger partial charge in [-0.2, -0.15) is 0 Å². The molecule has 2 rings (SSSR count). The molecule has 1 aliphatic rings. The molecule has 1 N–H and O–H groups in total. The summed E-state index contributed by atoms with van der Waals surface area (Å²) in [5, 5.41) is 35.5. The van der Waals surface area contributed by atoms with Crippen molar-refractivity contribution in [1.29, 1.82) is 0 Å². The van der Waals surface area contributed by atoms with E-state index in [-0.39, 0.29) is 11.9 Å². The van der Waals surface area contributed by atoms with E-state index in [9.17, 15) is 15.2 Å². The molecule has 0 amide bonds. The summed E-state index contributed by atoms with van der Waals surface area (Å²) in [6, 6.07) is 6.33. The highest BCUT2D eigenvalue weighted by Gasteiger charge is 2.50. The zero-order chi connectivity index (χ0) is 17.6. The Morgan fingerprint density at radius 1 is 1.17 bits per heavy atom. The second-order valence-electron chi connectivity index (χ2n) is 6.66. The Bertz CT molecular complexity index is 582. The molecule has 7 nitrogen and oxygen atoms in total. The van der Waals surface area contributed by atoms with E-state index in [1.54, 1.807) is 45.9 Å². The summed E-state index contributed by atoms with van der Waals surface area (Å²) in [6.07, 6.45) is -1.04. The van der Waals surface area contributed by atoms with Gasteiger partial charge in [-0.15, -0.1) is 0 Å². The Labute approximate surface area is 135 Å². The summed E-state index contributed by atoms with van der Waals surface area (Å²) in [5.41, 5.74) is -1.42. The monoisotopic (exact) mass is 321 g/mol. The number of carbonyl (C=O) groups is 1. The Hall–Kier alpha value is -1.67. The van der Waals surface area contributed by atoms with Crippen molar-refractivity contribution in [2.24, 2.45) is 0 Å². The van der Waals surface area contributed by atoms with Crippen LogP contribution in [0.2, 0.25) is 0 Å². The van der Waals surface area contributed by atoms with Gasteiger partial charge in [-0.05, 0) is 52.3 Å². The van der Waals surface area contributed by atoms with Crippen molar-refractivity contribution in [2.45, 2.75) is 51.8 Å². The van der Waals surface area contributed by atoms with Crippen LogP contribution >= 0.6 is 0 Å². The third kappa shape index (κ3) is 2.81. The van der Waals surface area contributed by atoms with Gasteiger partial charge in [-0.3, -0.25) is 0 Å². The minimum absolute atomic E-state index is 0.00609. The molecule has 7 heteroatoms. The van der Waals surface area contributed by atoms with Crippen molar-refractivity contribution < 1.29 is 14.6 Å². The number of nitrogens with zero attached hydrogens (tertiary/aromatic N) is 2. The molecule has 1 saturated heterocycles. The molecular weight excluding hydrogens is 300 g/mol. The van der Waals surface area contributed by atoms with Crippen LogP contribution < -0.4 is 4.74 Å². The normalized spacial score (nSPS) is 22.9. The first-order valence-electron chi connectivity index (χ1n) is 7.31. The molecule has 1 aromatic carbocycles. The molecule has 0 aromatic heterocycles. The Kier molecular flexibility index (Phi) is 4.42. The molecule has 127 valence electrons. The number of carboxylic acids is 1. The summed E-state index contributed by atoms with van der Waals surface area (Å²) in [6.45, 7) is 8.26. The first-order valence-corrected chi connectivity index (χ1v) is 7.31. The maximum absolute atomic E-state index is 12.6. The average molecular weight is 321 g/mol. The number of carboxylic acid groups (broad SMARTS) is 1. The fourth-order valence-electron chi connectivity index (χ4n) is 2.31. The largest absolute Gasteiger partial charge is 0.783 e. The minimum atomic E-state index is -1.10. The number of aliphatic carboxylic acids is 1. The van der Waals surface area contributed by atoms with Crippen LogP contribution in [0.4, 0.5) is 0 Å². The fraction of sp³-hybridized carbons (Fsp3) is 0.500. The molecule has 0 aliphatic carbocycles. The number of ether oxygens (including phenoxy) is 1. The molecule has 0 unspecified atom stereocenters. The lowest BCUT2D eigenvalue weighted by Crippen LogP contribution is -2.51. The van der Waals surface area contributed by atoms with Crippen LogP contribution in [0.25, 0.3) is 0 Å². The highest BCUT2D eigenvalue weighted by molar-refractivity contribution is 5.72. The second-order valence-corrected chi connectivity index (χ2v) is 6.66. The topological polar surface area (TPSA) is 99.1 Å². The lowest BCUT2D eigenvalue weighted by molar-refractivity contribution is -0.144. The first kappa shape index (κ1) is 17.7.